The van der Waals surface area contributed by atoms with Crippen LogP contribution in [0.15, 0.2) is 30.6 Å². The molecule has 1 aromatic heterocycles. The smallest absolute Gasteiger partial charge is 0.230 e. The second kappa shape index (κ2) is 8.94. The van der Waals surface area contributed by atoms with Crippen molar-refractivity contribution in [3.8, 4) is 0 Å². The Morgan fingerprint density at radius 3 is 2.50 bits per heavy atom. The van der Waals surface area contributed by atoms with E-state index in [4.69, 9.17) is 17.3 Å². The van der Waals surface area contributed by atoms with Gasteiger partial charge in [0.05, 0.1) is 11.6 Å². The van der Waals surface area contributed by atoms with E-state index in [1.807, 2.05) is 49.9 Å². The molecule has 1 aliphatic heterocycles. The molecule has 1 saturated heterocycles. The van der Waals surface area contributed by atoms with E-state index in [9.17, 15) is 9.18 Å². The molecule has 2 N–H and O–H groups in total. The number of nitrogens with zero attached hydrogens (tertiary/aromatic N) is 4. The minimum Gasteiger partial charge on any atom is -0.353 e. The highest BCUT2D eigenvalue weighted by atomic mass is 35.5. The van der Waals surface area contributed by atoms with Crippen molar-refractivity contribution in [3.63, 3.8) is 0 Å². The van der Waals surface area contributed by atoms with Crippen LogP contribution < -0.4 is 10.6 Å². The number of carbonyl (C=O) groups excluding carboxylic acids is 1. The summed E-state index contributed by atoms with van der Waals surface area (Å²) >= 11 is 6.05. The van der Waals surface area contributed by atoms with Crippen molar-refractivity contribution < 1.29 is 9.18 Å². The molecule has 2 aliphatic rings. The molecule has 1 aromatic carbocycles. The lowest BCUT2D eigenvalue weighted by Gasteiger charge is -2.38. The van der Waals surface area contributed by atoms with Crippen LogP contribution in [0, 0.1) is 0 Å². The van der Waals surface area contributed by atoms with Crippen LogP contribution in [0.4, 0.5) is 10.2 Å². The van der Waals surface area contributed by atoms with Gasteiger partial charge < -0.3 is 15.5 Å². The number of anilines is 1. The molecule has 3 atom stereocenters. The fourth-order valence-electron chi connectivity index (χ4n) is 4.84. The molecular weight excluding hydrogens is 429 g/mol. The molecule has 0 bridgehead atoms. The third-order valence-corrected chi connectivity index (χ3v) is 6.69. The second-order valence-corrected chi connectivity index (χ2v) is 10.1. The van der Waals surface area contributed by atoms with Crippen molar-refractivity contribution in [1.82, 2.24) is 14.9 Å². The van der Waals surface area contributed by atoms with Crippen LogP contribution in [0.3, 0.4) is 0 Å². The molecule has 6 nitrogen and oxygen atoms in total. The number of piperazine rings is 1. The predicted octanol–water partition coefficient (Wildman–Crippen LogP) is 4.21. The van der Waals surface area contributed by atoms with Gasteiger partial charge in [0.25, 0.3) is 0 Å². The van der Waals surface area contributed by atoms with E-state index in [0.717, 1.165) is 16.9 Å². The third kappa shape index (κ3) is 4.74. The topological polar surface area (TPSA) is 75.4 Å². The number of amides is 1. The fourth-order valence-corrected chi connectivity index (χ4v) is 4.97. The van der Waals surface area contributed by atoms with Crippen LogP contribution in [0.2, 0.25) is 5.02 Å². The summed E-state index contributed by atoms with van der Waals surface area (Å²) in [4.78, 5) is 26.3. The van der Waals surface area contributed by atoms with E-state index in [1.54, 1.807) is 0 Å². The van der Waals surface area contributed by atoms with Crippen LogP contribution in [-0.2, 0) is 4.79 Å². The number of hydrogen-bond acceptors (Lipinski definition) is 5. The molecule has 1 aliphatic carbocycles. The Hall–Kier alpha value is -2.25. The van der Waals surface area contributed by atoms with E-state index < -0.39 is 11.7 Å². The number of alkyl halides is 1. The van der Waals surface area contributed by atoms with Crippen LogP contribution in [0.1, 0.15) is 68.4 Å². The van der Waals surface area contributed by atoms with E-state index in [2.05, 4.69) is 14.9 Å². The van der Waals surface area contributed by atoms with Crippen LogP contribution >= 0.6 is 11.6 Å². The predicted molar refractivity (Wildman–Crippen MR) is 125 cm³/mol. The quantitative estimate of drug-likeness (QED) is 0.724. The van der Waals surface area contributed by atoms with Gasteiger partial charge in [0.15, 0.2) is 0 Å². The van der Waals surface area contributed by atoms with E-state index in [0.29, 0.717) is 49.7 Å². The number of halogens is 2. The molecule has 172 valence electrons. The maximum atomic E-state index is 14.3. The number of carbonyl (C=O) groups is 1. The van der Waals surface area contributed by atoms with Crippen LogP contribution in [0.25, 0.3) is 0 Å². The highest BCUT2D eigenvalue weighted by Crippen LogP contribution is 2.44. The van der Waals surface area contributed by atoms with Crippen molar-refractivity contribution in [3.05, 3.63) is 52.4 Å². The van der Waals surface area contributed by atoms with Crippen molar-refractivity contribution >= 4 is 23.3 Å². The normalized spacial score (nSPS) is 22.1. The van der Waals surface area contributed by atoms with Gasteiger partial charge in [0, 0.05) is 42.3 Å². The number of benzene rings is 1. The minimum atomic E-state index is -1.02. The first-order valence-corrected chi connectivity index (χ1v) is 11.6. The van der Waals surface area contributed by atoms with Gasteiger partial charge in [0.2, 0.25) is 5.91 Å². The summed E-state index contributed by atoms with van der Waals surface area (Å²) in [5.41, 5.74) is 8.18. The zero-order valence-corrected chi connectivity index (χ0v) is 19.6. The molecule has 4 rings (SSSR count). The number of hydrogen-bond donors (Lipinski definition) is 1. The van der Waals surface area contributed by atoms with Crippen LogP contribution in [0.5, 0.6) is 0 Å². The summed E-state index contributed by atoms with van der Waals surface area (Å²) in [6.07, 6.45) is 1.43. The lowest BCUT2D eigenvalue weighted by atomic mass is 9.85. The van der Waals surface area contributed by atoms with Gasteiger partial charge in [-0.1, -0.05) is 30.7 Å². The van der Waals surface area contributed by atoms with Crippen molar-refractivity contribution in [1.29, 1.82) is 0 Å². The number of rotatable bonds is 5. The highest BCUT2D eigenvalue weighted by Gasteiger charge is 2.36. The molecule has 0 spiro atoms. The molecule has 0 unspecified atom stereocenters. The molecule has 8 heteroatoms. The van der Waals surface area contributed by atoms with Gasteiger partial charge >= 0.3 is 0 Å². The van der Waals surface area contributed by atoms with Crippen LogP contribution in [-0.4, -0.2) is 52.5 Å². The molecule has 1 fully saturated rings. The summed E-state index contributed by atoms with van der Waals surface area (Å²) < 4.78 is 14.3. The summed E-state index contributed by atoms with van der Waals surface area (Å²) in [6.45, 7) is 8.37. The average Bonchev–Trinajstić information content (AvgIpc) is 3.05. The van der Waals surface area contributed by atoms with Gasteiger partial charge in [-0.3, -0.25) is 4.79 Å². The summed E-state index contributed by atoms with van der Waals surface area (Å²) in [6, 6.07) is 7.44. The number of nitrogens with two attached hydrogens (primary N) is 1. The maximum absolute atomic E-state index is 14.3. The van der Waals surface area contributed by atoms with Crippen molar-refractivity contribution in [2.24, 2.45) is 5.73 Å². The maximum Gasteiger partial charge on any atom is 0.230 e. The summed E-state index contributed by atoms with van der Waals surface area (Å²) in [5, 5.41) is 0.641. The monoisotopic (exact) mass is 459 g/mol. The molecule has 1 amide bonds. The van der Waals surface area contributed by atoms with Gasteiger partial charge in [-0.05, 0) is 50.3 Å². The molecular formula is C24H31ClFN5O. The second-order valence-electron chi connectivity index (χ2n) is 9.71. The summed E-state index contributed by atoms with van der Waals surface area (Å²) in [5.74, 6) is 0.661. The fraction of sp³-hybridized carbons (Fsp3) is 0.542. The van der Waals surface area contributed by atoms with Crippen molar-refractivity contribution in [2.75, 3.05) is 31.1 Å². The zero-order chi connectivity index (χ0) is 23.0. The lowest BCUT2D eigenvalue weighted by Crippen LogP contribution is -2.51. The lowest BCUT2D eigenvalue weighted by molar-refractivity contribution is -0.133. The Morgan fingerprint density at radius 2 is 1.88 bits per heavy atom. The highest BCUT2D eigenvalue weighted by molar-refractivity contribution is 6.30. The van der Waals surface area contributed by atoms with Gasteiger partial charge in [0.1, 0.15) is 18.3 Å². The molecule has 0 radical (unpaired) electrons. The van der Waals surface area contributed by atoms with E-state index in [-0.39, 0.29) is 17.7 Å². The Bertz CT molecular complexity index is 969. The van der Waals surface area contributed by atoms with Gasteiger partial charge in [-0.15, -0.1) is 0 Å². The molecule has 32 heavy (non-hydrogen) atoms. The Kier molecular flexibility index (Phi) is 6.41. The van der Waals surface area contributed by atoms with E-state index >= 15 is 0 Å². The van der Waals surface area contributed by atoms with Gasteiger partial charge in [-0.2, -0.15) is 0 Å². The standard InChI is InChI=1S/C24H31ClFN5O/c1-15-12-19(26)21-20(15)22(29-14-28-21)30-8-10-31(11-9-30)23(32)18(13-24(2,3)27)16-4-6-17(25)7-5-16/h4-7,14-15,18-19H,8-13,27H2,1-3H3/t15-,18-,19+/m1/s1. The first-order chi connectivity index (χ1) is 15.1. The Morgan fingerprint density at radius 1 is 1.22 bits per heavy atom. The van der Waals surface area contributed by atoms with E-state index in [1.165, 1.54) is 6.33 Å². The van der Waals surface area contributed by atoms with Gasteiger partial charge in [-0.25, -0.2) is 14.4 Å². The first-order valence-electron chi connectivity index (χ1n) is 11.2. The largest absolute Gasteiger partial charge is 0.353 e. The number of aromatic nitrogens is 2. The number of fused-ring (bicyclic) bond motifs is 1. The molecule has 0 saturated carbocycles. The zero-order valence-electron chi connectivity index (χ0n) is 18.9. The average molecular weight is 460 g/mol. The SMILES string of the molecule is C[C@@H]1C[C@H](F)c2ncnc(N3CCN(C(=O)[C@H](CC(C)(C)N)c4ccc(Cl)cc4)CC3)c21. The minimum absolute atomic E-state index is 0.0793. The van der Waals surface area contributed by atoms with Crippen molar-refractivity contribution in [2.45, 2.75) is 57.2 Å². The Balaban J connectivity index is 1.50. The third-order valence-electron chi connectivity index (χ3n) is 6.44. The molecule has 2 heterocycles. The summed E-state index contributed by atoms with van der Waals surface area (Å²) in [7, 11) is 0. The Labute approximate surface area is 194 Å². The first kappa shape index (κ1) is 22.9. The molecule has 2 aromatic rings.